The Morgan fingerprint density at radius 1 is 1.29 bits per heavy atom. The number of hydrogen-bond donors (Lipinski definition) is 0. The maximum atomic E-state index is 14.1. The molecule has 0 radical (unpaired) electrons. The summed E-state index contributed by atoms with van der Waals surface area (Å²) >= 11 is 4.48. The van der Waals surface area contributed by atoms with E-state index in [9.17, 15) is 8.78 Å². The number of hydrogen-bond acceptors (Lipinski definition) is 3. The quantitative estimate of drug-likeness (QED) is 0.651. The van der Waals surface area contributed by atoms with Gasteiger partial charge in [0, 0.05) is 29.9 Å². The van der Waals surface area contributed by atoms with Gasteiger partial charge in [-0.05, 0) is 39.9 Å². The lowest BCUT2D eigenvalue weighted by atomic mass is 10.1. The second-order valence-electron chi connectivity index (χ2n) is 4.42. The number of aromatic nitrogens is 3. The molecule has 3 rings (SSSR count). The predicted octanol–water partition coefficient (Wildman–Crippen LogP) is 4.08. The van der Waals surface area contributed by atoms with E-state index >= 15 is 0 Å². The molecule has 108 valence electrons. The van der Waals surface area contributed by atoms with E-state index in [0.29, 0.717) is 20.8 Å². The van der Waals surface area contributed by atoms with Gasteiger partial charge in [0.1, 0.15) is 16.2 Å². The topological polar surface area (TPSA) is 30.2 Å². The third-order valence-corrected chi connectivity index (χ3v) is 4.23. The predicted molar refractivity (Wildman–Crippen MR) is 81.6 cm³/mol. The lowest BCUT2D eigenvalue weighted by Crippen LogP contribution is -2.01. The van der Waals surface area contributed by atoms with Gasteiger partial charge in [0.15, 0.2) is 5.65 Å². The lowest BCUT2D eigenvalue weighted by Gasteiger charge is -2.08. The van der Waals surface area contributed by atoms with Gasteiger partial charge >= 0.3 is 0 Å². The summed E-state index contributed by atoms with van der Waals surface area (Å²) in [7, 11) is 0. The molecule has 7 heteroatoms. The zero-order valence-corrected chi connectivity index (χ0v) is 13.4. The summed E-state index contributed by atoms with van der Waals surface area (Å²) in [5.41, 5.74) is 1.48. The van der Waals surface area contributed by atoms with Crippen LogP contribution in [0.25, 0.3) is 5.65 Å². The molecule has 0 saturated heterocycles. The van der Waals surface area contributed by atoms with Gasteiger partial charge in [0.25, 0.3) is 0 Å². The minimum Gasteiger partial charge on any atom is -0.303 e. The van der Waals surface area contributed by atoms with E-state index in [1.54, 1.807) is 29.2 Å². The second kappa shape index (κ2) is 5.73. The molecule has 0 amide bonds. The Labute approximate surface area is 132 Å². The zero-order chi connectivity index (χ0) is 15.0. The molecule has 2 heterocycles. The van der Waals surface area contributed by atoms with E-state index in [1.165, 1.54) is 23.9 Å². The van der Waals surface area contributed by atoms with Crippen LogP contribution in [0, 0.1) is 11.6 Å². The van der Waals surface area contributed by atoms with Gasteiger partial charge < -0.3 is 4.40 Å². The van der Waals surface area contributed by atoms with Crippen molar-refractivity contribution in [1.82, 2.24) is 14.4 Å². The highest BCUT2D eigenvalue weighted by Gasteiger charge is 2.13. The van der Waals surface area contributed by atoms with Crippen LogP contribution in [0.4, 0.5) is 8.78 Å². The molecule has 0 unspecified atom stereocenters. The van der Waals surface area contributed by atoms with E-state index in [4.69, 9.17) is 0 Å². The Morgan fingerprint density at radius 2 is 2.10 bits per heavy atom. The van der Waals surface area contributed by atoms with Crippen LogP contribution < -0.4 is 0 Å². The van der Waals surface area contributed by atoms with E-state index in [2.05, 4.69) is 25.9 Å². The zero-order valence-electron chi connectivity index (χ0n) is 11.0. The van der Waals surface area contributed by atoms with Gasteiger partial charge in [0.2, 0.25) is 0 Å². The second-order valence-corrected chi connectivity index (χ2v) is 6.08. The van der Waals surface area contributed by atoms with Crippen molar-refractivity contribution >= 4 is 33.3 Å². The summed E-state index contributed by atoms with van der Waals surface area (Å²) in [6, 6.07) is 2.44. The van der Waals surface area contributed by atoms with Crippen LogP contribution >= 0.6 is 27.7 Å². The van der Waals surface area contributed by atoms with Crippen LogP contribution in [-0.2, 0) is 6.42 Å². The molecule has 0 spiro atoms. The highest BCUT2D eigenvalue weighted by atomic mass is 79.9. The van der Waals surface area contributed by atoms with Crippen molar-refractivity contribution in [3.63, 3.8) is 0 Å². The number of fused-ring (bicyclic) bond motifs is 1. The van der Waals surface area contributed by atoms with Gasteiger partial charge in [0.05, 0.1) is 5.69 Å². The highest BCUT2D eigenvalue weighted by Crippen LogP contribution is 2.25. The summed E-state index contributed by atoms with van der Waals surface area (Å²) in [4.78, 5) is 8.82. The van der Waals surface area contributed by atoms with Crippen molar-refractivity contribution in [3.05, 3.63) is 58.2 Å². The molecule has 3 nitrogen and oxygen atoms in total. The molecule has 0 aliphatic carbocycles. The smallest absolute Gasteiger partial charge is 0.158 e. The minimum absolute atomic E-state index is 0.178. The maximum Gasteiger partial charge on any atom is 0.158 e. The molecule has 21 heavy (non-hydrogen) atoms. The Kier molecular flexibility index (Phi) is 3.95. The SMILES string of the molecule is CSc1cc(F)c(Cc2nc(Br)cn3ccnc23)cc1F. The number of rotatable bonds is 3. The van der Waals surface area contributed by atoms with Crippen molar-refractivity contribution in [1.29, 1.82) is 0 Å². The first-order valence-corrected chi connectivity index (χ1v) is 8.10. The van der Waals surface area contributed by atoms with Gasteiger partial charge in [-0.3, -0.25) is 0 Å². The van der Waals surface area contributed by atoms with Gasteiger partial charge in [-0.15, -0.1) is 11.8 Å². The number of benzene rings is 1. The molecule has 2 aromatic heterocycles. The molecule has 0 N–H and O–H groups in total. The fourth-order valence-electron chi connectivity index (χ4n) is 2.12. The molecule has 1 aromatic carbocycles. The monoisotopic (exact) mass is 369 g/mol. The summed E-state index contributed by atoms with van der Waals surface area (Å²) in [5.74, 6) is -0.861. The number of nitrogens with zero attached hydrogens (tertiary/aromatic N) is 3. The van der Waals surface area contributed by atoms with Crippen molar-refractivity contribution in [2.45, 2.75) is 11.3 Å². The number of thioether (sulfide) groups is 1. The van der Waals surface area contributed by atoms with Crippen LogP contribution in [0.1, 0.15) is 11.3 Å². The Hall–Kier alpha value is -1.47. The summed E-state index contributed by atoms with van der Waals surface area (Å²) in [6.45, 7) is 0. The van der Waals surface area contributed by atoms with Crippen LogP contribution in [-0.4, -0.2) is 20.6 Å². The van der Waals surface area contributed by atoms with Gasteiger partial charge in [-0.1, -0.05) is 0 Å². The first-order valence-electron chi connectivity index (χ1n) is 6.08. The molecular formula is C14H10BrF2N3S. The van der Waals surface area contributed by atoms with Crippen molar-refractivity contribution < 1.29 is 8.78 Å². The number of imidazole rings is 1. The van der Waals surface area contributed by atoms with Gasteiger partial charge in [-0.2, -0.15) is 0 Å². The van der Waals surface area contributed by atoms with Crippen LogP contribution in [0.3, 0.4) is 0 Å². The summed E-state index contributed by atoms with van der Waals surface area (Å²) in [5, 5.41) is 0. The first-order chi connectivity index (χ1) is 10.1. The molecule has 0 aliphatic heterocycles. The van der Waals surface area contributed by atoms with Crippen LogP contribution in [0.2, 0.25) is 0 Å². The third-order valence-electron chi connectivity index (χ3n) is 3.09. The van der Waals surface area contributed by atoms with E-state index in [1.807, 2.05) is 0 Å². The van der Waals surface area contributed by atoms with Crippen LogP contribution in [0.5, 0.6) is 0 Å². The van der Waals surface area contributed by atoms with Crippen molar-refractivity contribution in [2.24, 2.45) is 0 Å². The van der Waals surface area contributed by atoms with Crippen molar-refractivity contribution in [3.8, 4) is 0 Å². The highest BCUT2D eigenvalue weighted by molar-refractivity contribution is 9.10. The molecule has 0 fully saturated rings. The third kappa shape index (κ3) is 2.80. The summed E-state index contributed by atoms with van der Waals surface area (Å²) < 4.78 is 30.3. The van der Waals surface area contributed by atoms with E-state index in [-0.39, 0.29) is 12.0 Å². The molecular weight excluding hydrogens is 360 g/mol. The first kappa shape index (κ1) is 14.5. The van der Waals surface area contributed by atoms with Gasteiger partial charge in [-0.25, -0.2) is 18.7 Å². The Bertz CT molecular complexity index is 819. The number of halogens is 3. The summed E-state index contributed by atoms with van der Waals surface area (Å²) in [6.07, 6.45) is 7.07. The fourth-order valence-corrected chi connectivity index (χ4v) is 3.03. The maximum absolute atomic E-state index is 14.1. The molecule has 0 aliphatic rings. The lowest BCUT2D eigenvalue weighted by molar-refractivity contribution is 0.567. The van der Waals surface area contributed by atoms with Crippen LogP contribution in [0.15, 0.2) is 40.2 Å². The van der Waals surface area contributed by atoms with Crippen molar-refractivity contribution in [2.75, 3.05) is 6.26 Å². The largest absolute Gasteiger partial charge is 0.303 e. The Morgan fingerprint density at radius 3 is 2.86 bits per heavy atom. The molecule has 3 aromatic rings. The Balaban J connectivity index is 2.06. The van der Waals surface area contributed by atoms with E-state index in [0.717, 1.165) is 0 Å². The molecule has 0 saturated carbocycles. The molecule has 0 atom stereocenters. The van der Waals surface area contributed by atoms with E-state index < -0.39 is 11.6 Å². The standard InChI is InChI=1S/C14H10BrF2N3S/c1-21-12-6-9(16)8(4-10(12)17)5-11-14-18-2-3-20(14)7-13(15)19-11/h2-4,6-7H,5H2,1H3. The fraction of sp³-hybridized carbons (Fsp3) is 0.143. The normalized spacial score (nSPS) is 11.2. The average Bonchev–Trinajstić information content (AvgIpc) is 2.90. The molecule has 0 bridgehead atoms. The average molecular weight is 370 g/mol. The minimum atomic E-state index is -0.438.